The first-order valence-corrected chi connectivity index (χ1v) is 8.61. The number of hydrogen-bond donors (Lipinski definition) is 1. The molecule has 2 aromatic rings. The highest BCUT2D eigenvalue weighted by molar-refractivity contribution is 5.92. The van der Waals surface area contributed by atoms with Gasteiger partial charge in [0.05, 0.1) is 6.04 Å². The number of nitrogens with one attached hydrogen (secondary N) is 1. The molecule has 0 aliphatic carbocycles. The predicted octanol–water partition coefficient (Wildman–Crippen LogP) is 1.13. The quantitative estimate of drug-likeness (QED) is 0.882. The van der Waals surface area contributed by atoms with E-state index in [-0.39, 0.29) is 23.2 Å². The molecule has 3 rings (SSSR count). The molecule has 0 spiro atoms. The summed E-state index contributed by atoms with van der Waals surface area (Å²) in [6.45, 7) is 2.52. The van der Waals surface area contributed by atoms with Crippen molar-refractivity contribution in [3.05, 3.63) is 58.3 Å². The van der Waals surface area contributed by atoms with Gasteiger partial charge in [0, 0.05) is 32.1 Å². The molecule has 132 valence electrons. The van der Waals surface area contributed by atoms with Crippen molar-refractivity contribution in [3.8, 4) is 0 Å². The first-order valence-electron chi connectivity index (χ1n) is 8.61. The first-order chi connectivity index (χ1) is 12.1. The van der Waals surface area contributed by atoms with Gasteiger partial charge in [-0.25, -0.2) is 4.68 Å². The van der Waals surface area contributed by atoms with Gasteiger partial charge in [0.15, 0.2) is 0 Å². The molecule has 2 aromatic heterocycles. The predicted molar refractivity (Wildman–Crippen MR) is 94.2 cm³/mol. The zero-order valence-corrected chi connectivity index (χ0v) is 14.4. The number of nitrogens with zero attached hydrogens (tertiary/aromatic N) is 4. The Hall–Kier alpha value is -2.54. The summed E-state index contributed by atoms with van der Waals surface area (Å²) in [6, 6.07) is 6.86. The van der Waals surface area contributed by atoms with Gasteiger partial charge < -0.3 is 5.32 Å². The van der Waals surface area contributed by atoms with E-state index in [1.807, 2.05) is 18.3 Å². The zero-order chi connectivity index (χ0) is 17.6. The number of piperidine rings is 1. The number of hydrogen-bond acceptors (Lipinski definition) is 5. The van der Waals surface area contributed by atoms with Crippen LogP contribution in [0.1, 0.15) is 41.4 Å². The lowest BCUT2D eigenvalue weighted by molar-refractivity contribution is 0.0917. The van der Waals surface area contributed by atoms with Gasteiger partial charge in [-0.1, -0.05) is 12.5 Å². The van der Waals surface area contributed by atoms with Gasteiger partial charge in [0.1, 0.15) is 5.69 Å². The molecule has 1 aliphatic heterocycles. The molecule has 0 radical (unpaired) electrons. The number of aromatic nitrogens is 3. The number of pyridine rings is 1. The molecule has 1 saturated heterocycles. The monoisotopic (exact) mass is 341 g/mol. The molecule has 1 N–H and O–H groups in total. The summed E-state index contributed by atoms with van der Waals surface area (Å²) >= 11 is 0. The highest BCUT2D eigenvalue weighted by Crippen LogP contribution is 2.23. The molecule has 0 aromatic carbocycles. The summed E-state index contributed by atoms with van der Waals surface area (Å²) in [5.74, 6) is -0.276. The Labute approximate surface area is 146 Å². The maximum absolute atomic E-state index is 12.4. The Kier molecular flexibility index (Phi) is 5.55. The fourth-order valence-corrected chi connectivity index (χ4v) is 3.16. The molecule has 7 nitrogen and oxygen atoms in total. The summed E-state index contributed by atoms with van der Waals surface area (Å²) in [7, 11) is 1.53. The Morgan fingerprint density at radius 2 is 2.04 bits per heavy atom. The van der Waals surface area contributed by atoms with Crippen LogP contribution in [0.25, 0.3) is 0 Å². The van der Waals surface area contributed by atoms with Crippen molar-refractivity contribution in [1.29, 1.82) is 0 Å². The standard InChI is InChI=1S/C18H23N5O2/c1-22-17(24)8-7-15(21-22)18(25)20-13-16(14-6-5-9-19-12-14)23-10-3-2-4-11-23/h5-9,12,16H,2-4,10-11,13H2,1H3,(H,20,25)/t16-/m0/s1. The van der Waals surface area contributed by atoms with Crippen LogP contribution in [0.3, 0.4) is 0 Å². The molecule has 3 heterocycles. The highest BCUT2D eigenvalue weighted by atomic mass is 16.2. The third-order valence-corrected chi connectivity index (χ3v) is 4.55. The van der Waals surface area contributed by atoms with Gasteiger partial charge >= 0.3 is 0 Å². The molecule has 1 amide bonds. The van der Waals surface area contributed by atoms with Crippen LogP contribution >= 0.6 is 0 Å². The van der Waals surface area contributed by atoms with E-state index < -0.39 is 0 Å². The molecule has 1 atom stereocenters. The molecular formula is C18H23N5O2. The second-order valence-corrected chi connectivity index (χ2v) is 6.29. The van der Waals surface area contributed by atoms with Gasteiger partial charge in [0.25, 0.3) is 11.5 Å². The average molecular weight is 341 g/mol. The van der Waals surface area contributed by atoms with Crippen LogP contribution in [-0.4, -0.2) is 45.2 Å². The smallest absolute Gasteiger partial charge is 0.271 e. The molecule has 0 saturated carbocycles. The summed E-state index contributed by atoms with van der Waals surface area (Å²) in [5.41, 5.74) is 1.10. The second kappa shape index (κ2) is 8.02. The van der Waals surface area contributed by atoms with Crippen LogP contribution in [0.4, 0.5) is 0 Å². The topological polar surface area (TPSA) is 80.1 Å². The van der Waals surface area contributed by atoms with E-state index in [2.05, 4.69) is 20.3 Å². The minimum absolute atomic E-state index is 0.0884. The number of amides is 1. The van der Waals surface area contributed by atoms with Gasteiger partial charge in [-0.05, 0) is 43.6 Å². The lowest BCUT2D eigenvalue weighted by Crippen LogP contribution is -2.41. The lowest BCUT2D eigenvalue weighted by Gasteiger charge is -2.34. The second-order valence-electron chi connectivity index (χ2n) is 6.29. The Morgan fingerprint density at radius 1 is 1.24 bits per heavy atom. The summed E-state index contributed by atoms with van der Waals surface area (Å²) in [6.07, 6.45) is 7.21. The van der Waals surface area contributed by atoms with Crippen LogP contribution in [0.2, 0.25) is 0 Å². The minimum Gasteiger partial charge on any atom is -0.349 e. The number of carbonyl (C=O) groups is 1. The van der Waals surface area contributed by atoms with Crippen molar-refractivity contribution in [1.82, 2.24) is 25.0 Å². The van der Waals surface area contributed by atoms with Crippen molar-refractivity contribution in [3.63, 3.8) is 0 Å². The van der Waals surface area contributed by atoms with Crippen molar-refractivity contribution < 1.29 is 4.79 Å². The normalized spacial score (nSPS) is 16.4. The molecule has 1 aliphatic rings. The van der Waals surface area contributed by atoms with Crippen LogP contribution in [0, 0.1) is 0 Å². The maximum Gasteiger partial charge on any atom is 0.271 e. The van der Waals surface area contributed by atoms with Gasteiger partial charge in [-0.3, -0.25) is 19.5 Å². The fourth-order valence-electron chi connectivity index (χ4n) is 3.16. The van der Waals surface area contributed by atoms with E-state index in [0.717, 1.165) is 23.3 Å². The van der Waals surface area contributed by atoms with Crippen molar-refractivity contribution in [2.45, 2.75) is 25.3 Å². The molecule has 0 bridgehead atoms. The molecule has 25 heavy (non-hydrogen) atoms. The minimum atomic E-state index is -0.276. The first kappa shape index (κ1) is 17.3. The third-order valence-electron chi connectivity index (χ3n) is 4.55. The molecule has 7 heteroatoms. The van der Waals surface area contributed by atoms with Crippen molar-refractivity contribution >= 4 is 5.91 Å². The van der Waals surface area contributed by atoms with E-state index in [9.17, 15) is 9.59 Å². The maximum atomic E-state index is 12.4. The zero-order valence-electron chi connectivity index (χ0n) is 14.4. The Morgan fingerprint density at radius 3 is 2.72 bits per heavy atom. The molecule has 1 fully saturated rings. The highest BCUT2D eigenvalue weighted by Gasteiger charge is 2.23. The number of aryl methyl sites for hydroxylation is 1. The van der Waals surface area contributed by atoms with Crippen LogP contribution in [-0.2, 0) is 7.05 Å². The van der Waals surface area contributed by atoms with Gasteiger partial charge in [0.2, 0.25) is 0 Å². The van der Waals surface area contributed by atoms with E-state index in [0.29, 0.717) is 6.54 Å². The lowest BCUT2D eigenvalue weighted by atomic mass is 10.0. The Balaban J connectivity index is 1.72. The third kappa shape index (κ3) is 4.30. The van der Waals surface area contributed by atoms with Gasteiger partial charge in [-0.2, -0.15) is 5.10 Å². The summed E-state index contributed by atoms with van der Waals surface area (Å²) in [4.78, 5) is 30.4. The van der Waals surface area contributed by atoms with Crippen LogP contribution < -0.4 is 10.9 Å². The average Bonchev–Trinajstić information content (AvgIpc) is 2.66. The van der Waals surface area contributed by atoms with Crippen molar-refractivity contribution in [2.24, 2.45) is 7.05 Å². The number of likely N-dealkylation sites (tertiary alicyclic amines) is 1. The molecular weight excluding hydrogens is 318 g/mol. The molecule has 0 unspecified atom stereocenters. The van der Waals surface area contributed by atoms with E-state index in [1.54, 1.807) is 6.20 Å². The number of rotatable bonds is 5. The van der Waals surface area contributed by atoms with Crippen LogP contribution in [0.5, 0.6) is 0 Å². The van der Waals surface area contributed by atoms with E-state index >= 15 is 0 Å². The van der Waals surface area contributed by atoms with Crippen molar-refractivity contribution in [2.75, 3.05) is 19.6 Å². The van der Waals surface area contributed by atoms with E-state index in [1.165, 1.54) is 38.4 Å². The summed E-state index contributed by atoms with van der Waals surface area (Å²) in [5, 5.41) is 6.96. The summed E-state index contributed by atoms with van der Waals surface area (Å²) < 4.78 is 1.16. The van der Waals surface area contributed by atoms with Crippen LogP contribution in [0.15, 0.2) is 41.5 Å². The largest absolute Gasteiger partial charge is 0.349 e. The van der Waals surface area contributed by atoms with Gasteiger partial charge in [-0.15, -0.1) is 0 Å². The number of carbonyl (C=O) groups excluding carboxylic acids is 1. The van der Waals surface area contributed by atoms with E-state index in [4.69, 9.17) is 0 Å². The SMILES string of the molecule is Cn1nc(C(=O)NC[C@@H](c2cccnc2)N2CCCCC2)ccc1=O. The Bertz CT molecular complexity index is 769. The fraction of sp³-hybridized carbons (Fsp3) is 0.444.